The number of aromatic nitrogens is 1. The van der Waals surface area contributed by atoms with Gasteiger partial charge in [0, 0.05) is 33.3 Å². The Balaban J connectivity index is 1.83. The summed E-state index contributed by atoms with van der Waals surface area (Å²) in [6, 6.07) is 21.5. The summed E-state index contributed by atoms with van der Waals surface area (Å²) in [5.74, 6) is 0. The van der Waals surface area contributed by atoms with Crippen LogP contribution in [0.25, 0.3) is 33.5 Å². The van der Waals surface area contributed by atoms with Crippen molar-refractivity contribution in [3.8, 4) is 0 Å². The van der Waals surface area contributed by atoms with Gasteiger partial charge in [0.2, 0.25) is 0 Å². The fraction of sp³-hybridized carbons (Fsp3) is 0.120. The summed E-state index contributed by atoms with van der Waals surface area (Å²) in [7, 11) is 2.14. The smallest absolute Gasteiger partial charge is 0.0491 e. The van der Waals surface area contributed by atoms with Crippen LogP contribution in [0.4, 0.5) is 0 Å². The molecule has 0 aliphatic rings. The molecule has 1 heterocycles. The molecule has 0 bridgehead atoms. The fourth-order valence-electron chi connectivity index (χ4n) is 3.74. The maximum Gasteiger partial charge on any atom is 0.0491 e. The van der Waals surface area contributed by atoms with Crippen molar-refractivity contribution in [2.75, 3.05) is 0 Å². The van der Waals surface area contributed by atoms with E-state index in [9.17, 15) is 0 Å². The second kappa shape index (κ2) is 6.86. The molecule has 0 unspecified atom stereocenters. The summed E-state index contributed by atoms with van der Waals surface area (Å²) >= 11 is 3.49. The first-order valence-corrected chi connectivity index (χ1v) is 9.86. The maximum absolute atomic E-state index is 4.41. The van der Waals surface area contributed by atoms with Gasteiger partial charge < -0.3 is 4.57 Å². The van der Waals surface area contributed by atoms with E-state index in [1.54, 1.807) is 0 Å². The average molecular weight is 416 g/mol. The zero-order chi connectivity index (χ0) is 19.1. The summed E-state index contributed by atoms with van der Waals surface area (Å²) in [5.41, 5.74) is 8.43. The van der Waals surface area contributed by atoms with Crippen LogP contribution < -0.4 is 0 Å². The molecule has 27 heavy (non-hydrogen) atoms. The summed E-state index contributed by atoms with van der Waals surface area (Å²) in [6.07, 6.45) is 2.20. The molecule has 0 atom stereocenters. The minimum atomic E-state index is 1.07. The van der Waals surface area contributed by atoms with Crippen LogP contribution >= 0.6 is 15.9 Å². The third-order valence-electron chi connectivity index (χ3n) is 5.31. The average Bonchev–Trinajstić information content (AvgIpc) is 2.94. The molecule has 4 rings (SSSR count). The van der Waals surface area contributed by atoms with Crippen LogP contribution in [0.3, 0.4) is 0 Å². The lowest BCUT2D eigenvalue weighted by molar-refractivity contribution is 1.01. The third-order valence-corrected chi connectivity index (χ3v) is 5.84. The van der Waals surface area contributed by atoms with Crippen LogP contribution in [-0.4, -0.2) is 4.57 Å². The number of aryl methyl sites for hydroxylation is 2. The van der Waals surface area contributed by atoms with E-state index in [1.165, 1.54) is 44.1 Å². The van der Waals surface area contributed by atoms with E-state index in [1.807, 2.05) is 0 Å². The van der Waals surface area contributed by atoms with Crippen molar-refractivity contribution in [2.24, 2.45) is 7.05 Å². The van der Waals surface area contributed by atoms with Crippen molar-refractivity contribution in [3.63, 3.8) is 0 Å². The molecular weight excluding hydrogens is 394 g/mol. The Hall–Kier alpha value is -2.58. The van der Waals surface area contributed by atoms with E-state index in [0.29, 0.717) is 0 Å². The Morgan fingerprint density at radius 2 is 1.67 bits per heavy atom. The van der Waals surface area contributed by atoms with E-state index in [4.69, 9.17) is 0 Å². The Morgan fingerprint density at radius 3 is 2.41 bits per heavy atom. The highest BCUT2D eigenvalue weighted by Gasteiger charge is 2.12. The molecule has 0 saturated heterocycles. The van der Waals surface area contributed by atoms with Crippen molar-refractivity contribution in [1.82, 2.24) is 4.57 Å². The number of allylic oxidation sites excluding steroid dienone is 2. The lowest BCUT2D eigenvalue weighted by atomic mass is 9.93. The highest BCUT2D eigenvalue weighted by molar-refractivity contribution is 9.10. The highest BCUT2D eigenvalue weighted by Crippen LogP contribution is 2.34. The molecule has 0 aliphatic heterocycles. The predicted molar refractivity (Wildman–Crippen MR) is 122 cm³/mol. The van der Waals surface area contributed by atoms with E-state index < -0.39 is 0 Å². The quantitative estimate of drug-likeness (QED) is 0.305. The van der Waals surface area contributed by atoms with Gasteiger partial charge >= 0.3 is 0 Å². The van der Waals surface area contributed by atoms with Gasteiger partial charge in [0.1, 0.15) is 0 Å². The van der Waals surface area contributed by atoms with Gasteiger partial charge in [0.15, 0.2) is 0 Å². The first-order valence-electron chi connectivity index (χ1n) is 9.07. The van der Waals surface area contributed by atoms with Crippen LogP contribution in [0.15, 0.2) is 77.3 Å². The fourth-order valence-corrected chi connectivity index (χ4v) is 4.01. The maximum atomic E-state index is 4.41. The van der Waals surface area contributed by atoms with Crippen molar-refractivity contribution >= 4 is 49.4 Å². The van der Waals surface area contributed by atoms with Crippen molar-refractivity contribution in [3.05, 3.63) is 94.0 Å². The number of para-hydroxylation sites is 1. The van der Waals surface area contributed by atoms with Gasteiger partial charge in [-0.2, -0.15) is 0 Å². The molecule has 0 spiro atoms. The zero-order valence-electron chi connectivity index (χ0n) is 15.9. The van der Waals surface area contributed by atoms with Crippen LogP contribution in [0.2, 0.25) is 0 Å². The zero-order valence-corrected chi connectivity index (χ0v) is 17.5. The molecule has 0 amide bonds. The number of benzene rings is 3. The standard InChI is InChI=1S/C25H22BrN/c1-16(13-19-9-11-20(26)12-10-19)18(3)22-15-23-21-7-5-6-8-24(21)27(4)25(23)14-17(22)2/h5-15H,3H2,1-2,4H3/b16-13+. The molecule has 134 valence electrons. The summed E-state index contributed by atoms with van der Waals surface area (Å²) in [4.78, 5) is 0. The van der Waals surface area contributed by atoms with Gasteiger partial charge in [0.25, 0.3) is 0 Å². The Labute approximate surface area is 168 Å². The molecular formula is C25H22BrN. The molecule has 0 N–H and O–H groups in total. The number of hydrogen-bond acceptors (Lipinski definition) is 0. The number of rotatable bonds is 3. The second-order valence-electron chi connectivity index (χ2n) is 7.12. The molecule has 3 aromatic carbocycles. The van der Waals surface area contributed by atoms with Crippen LogP contribution in [0.5, 0.6) is 0 Å². The van der Waals surface area contributed by atoms with Crippen LogP contribution in [-0.2, 0) is 7.05 Å². The Bertz CT molecular complexity index is 1210. The Kier molecular flexibility index (Phi) is 4.53. The molecule has 0 fully saturated rings. The largest absolute Gasteiger partial charge is 0.344 e. The van der Waals surface area contributed by atoms with Crippen LogP contribution in [0.1, 0.15) is 23.6 Å². The summed E-state index contributed by atoms with van der Waals surface area (Å²) < 4.78 is 3.36. The van der Waals surface area contributed by atoms with Crippen LogP contribution in [0, 0.1) is 6.92 Å². The lowest BCUT2D eigenvalue weighted by Crippen LogP contribution is -1.92. The van der Waals surface area contributed by atoms with E-state index in [2.05, 4.69) is 115 Å². The molecule has 0 aliphatic carbocycles. The number of hydrogen-bond donors (Lipinski definition) is 0. The normalized spacial score (nSPS) is 12.1. The number of halogens is 1. The minimum absolute atomic E-state index is 1.07. The monoisotopic (exact) mass is 415 g/mol. The van der Waals surface area contributed by atoms with Gasteiger partial charge in [-0.15, -0.1) is 0 Å². The predicted octanol–water partition coefficient (Wildman–Crippen LogP) is 7.52. The molecule has 4 aromatic rings. The minimum Gasteiger partial charge on any atom is -0.344 e. The van der Waals surface area contributed by atoms with Gasteiger partial charge in [-0.25, -0.2) is 0 Å². The second-order valence-corrected chi connectivity index (χ2v) is 8.03. The highest BCUT2D eigenvalue weighted by atomic mass is 79.9. The first kappa shape index (κ1) is 17.8. The van der Waals surface area contributed by atoms with Crippen molar-refractivity contribution in [1.29, 1.82) is 0 Å². The van der Waals surface area contributed by atoms with E-state index in [0.717, 1.165) is 10.0 Å². The summed E-state index contributed by atoms with van der Waals surface area (Å²) in [5, 5.41) is 2.57. The molecule has 0 radical (unpaired) electrons. The lowest BCUT2D eigenvalue weighted by Gasteiger charge is -2.12. The number of fused-ring (bicyclic) bond motifs is 3. The van der Waals surface area contributed by atoms with E-state index in [-0.39, 0.29) is 0 Å². The molecule has 0 saturated carbocycles. The van der Waals surface area contributed by atoms with Gasteiger partial charge in [-0.3, -0.25) is 0 Å². The topological polar surface area (TPSA) is 4.93 Å². The molecule has 2 heteroatoms. The van der Waals surface area contributed by atoms with Gasteiger partial charge in [0.05, 0.1) is 0 Å². The Morgan fingerprint density at radius 1 is 0.963 bits per heavy atom. The molecule has 1 aromatic heterocycles. The molecule has 1 nitrogen and oxygen atoms in total. The SMILES string of the molecule is C=C(/C(C)=C/c1ccc(Br)cc1)c1cc2c3ccccc3n(C)c2cc1C. The third kappa shape index (κ3) is 3.15. The number of nitrogens with zero attached hydrogens (tertiary/aromatic N) is 1. The van der Waals surface area contributed by atoms with Gasteiger partial charge in [-0.05, 0) is 72.0 Å². The van der Waals surface area contributed by atoms with Crippen molar-refractivity contribution in [2.45, 2.75) is 13.8 Å². The van der Waals surface area contributed by atoms with E-state index >= 15 is 0 Å². The van der Waals surface area contributed by atoms with Crippen molar-refractivity contribution < 1.29 is 0 Å². The summed E-state index contributed by atoms with van der Waals surface area (Å²) in [6.45, 7) is 8.72. The first-order chi connectivity index (χ1) is 13.0. The van der Waals surface area contributed by atoms with Gasteiger partial charge in [-0.1, -0.05) is 58.9 Å².